The van der Waals surface area contributed by atoms with Crippen molar-refractivity contribution in [3.05, 3.63) is 11.8 Å². The van der Waals surface area contributed by atoms with Crippen LogP contribution >= 0.6 is 0 Å². The van der Waals surface area contributed by atoms with E-state index < -0.39 is 0 Å². The molecule has 5 heteroatoms. The molecule has 0 atom stereocenters. The quantitative estimate of drug-likeness (QED) is 0.587. The smallest absolute Gasteiger partial charge is 0.239 e. The van der Waals surface area contributed by atoms with Gasteiger partial charge < -0.3 is 4.90 Å². The second-order valence-corrected chi connectivity index (χ2v) is 4.13. The predicted molar refractivity (Wildman–Crippen MR) is 67.4 cm³/mol. The average Bonchev–Trinajstić information content (AvgIpc) is 2.27. The highest BCUT2D eigenvalue weighted by Gasteiger charge is 2.14. The van der Waals surface area contributed by atoms with Gasteiger partial charge >= 0.3 is 0 Å². The SMILES string of the molecule is CCCN(c1nc(NN)ncc1C)C(C)C. The second-order valence-electron chi connectivity index (χ2n) is 4.13. The number of aromatic nitrogens is 2. The summed E-state index contributed by atoms with van der Waals surface area (Å²) in [5.74, 6) is 6.74. The van der Waals surface area contributed by atoms with E-state index in [1.807, 2.05) is 6.92 Å². The number of nitrogens with zero attached hydrogens (tertiary/aromatic N) is 3. The number of nitrogens with one attached hydrogen (secondary N) is 1. The van der Waals surface area contributed by atoms with Crippen molar-refractivity contribution in [3.8, 4) is 0 Å². The normalized spacial score (nSPS) is 10.6. The van der Waals surface area contributed by atoms with Crippen LogP contribution in [0.4, 0.5) is 11.8 Å². The summed E-state index contributed by atoms with van der Waals surface area (Å²) >= 11 is 0. The van der Waals surface area contributed by atoms with Crippen molar-refractivity contribution in [2.75, 3.05) is 16.9 Å². The Kier molecular flexibility index (Phi) is 4.49. The second kappa shape index (κ2) is 5.65. The summed E-state index contributed by atoms with van der Waals surface area (Å²) in [7, 11) is 0. The summed E-state index contributed by atoms with van der Waals surface area (Å²) in [5.41, 5.74) is 3.55. The minimum atomic E-state index is 0.416. The highest BCUT2D eigenvalue weighted by Crippen LogP contribution is 2.20. The Morgan fingerprint density at radius 3 is 2.69 bits per heavy atom. The lowest BCUT2D eigenvalue weighted by Crippen LogP contribution is -2.33. The Bertz CT molecular complexity index is 337. The molecule has 0 radical (unpaired) electrons. The Labute approximate surface area is 97.0 Å². The molecular weight excluding hydrogens is 202 g/mol. The largest absolute Gasteiger partial charge is 0.354 e. The van der Waals surface area contributed by atoms with Gasteiger partial charge in [-0.25, -0.2) is 10.8 Å². The summed E-state index contributed by atoms with van der Waals surface area (Å²) in [6.45, 7) is 9.48. The van der Waals surface area contributed by atoms with Crippen LogP contribution in [0.25, 0.3) is 0 Å². The van der Waals surface area contributed by atoms with Gasteiger partial charge in [0, 0.05) is 24.3 Å². The van der Waals surface area contributed by atoms with Crippen LogP contribution < -0.4 is 16.2 Å². The van der Waals surface area contributed by atoms with Crippen molar-refractivity contribution in [2.24, 2.45) is 5.84 Å². The zero-order chi connectivity index (χ0) is 12.1. The van der Waals surface area contributed by atoms with Crippen molar-refractivity contribution in [1.29, 1.82) is 0 Å². The molecule has 0 spiro atoms. The first-order valence-corrected chi connectivity index (χ1v) is 5.67. The van der Waals surface area contributed by atoms with E-state index >= 15 is 0 Å². The fourth-order valence-electron chi connectivity index (χ4n) is 1.64. The van der Waals surface area contributed by atoms with Crippen LogP contribution in [0, 0.1) is 6.92 Å². The van der Waals surface area contributed by atoms with Gasteiger partial charge in [-0.1, -0.05) is 6.92 Å². The van der Waals surface area contributed by atoms with Crippen LogP contribution in [-0.4, -0.2) is 22.6 Å². The number of anilines is 2. The Morgan fingerprint density at radius 1 is 1.50 bits per heavy atom. The Balaban J connectivity index is 3.06. The monoisotopic (exact) mass is 223 g/mol. The molecule has 1 rings (SSSR count). The molecule has 0 unspecified atom stereocenters. The van der Waals surface area contributed by atoms with Crippen LogP contribution in [0.1, 0.15) is 32.8 Å². The van der Waals surface area contributed by atoms with Gasteiger partial charge in [0.25, 0.3) is 0 Å². The highest BCUT2D eigenvalue weighted by molar-refractivity contribution is 5.49. The zero-order valence-electron chi connectivity index (χ0n) is 10.5. The summed E-state index contributed by atoms with van der Waals surface area (Å²) in [6.07, 6.45) is 2.88. The lowest BCUT2D eigenvalue weighted by Gasteiger charge is -2.28. The van der Waals surface area contributed by atoms with Gasteiger partial charge in [0.15, 0.2) is 0 Å². The van der Waals surface area contributed by atoms with Crippen molar-refractivity contribution < 1.29 is 0 Å². The number of hydrogen-bond acceptors (Lipinski definition) is 5. The van der Waals surface area contributed by atoms with E-state index in [0.29, 0.717) is 12.0 Å². The van der Waals surface area contributed by atoms with E-state index in [0.717, 1.165) is 24.3 Å². The van der Waals surface area contributed by atoms with E-state index in [1.54, 1.807) is 6.20 Å². The van der Waals surface area contributed by atoms with E-state index in [2.05, 4.69) is 41.1 Å². The van der Waals surface area contributed by atoms with E-state index in [1.165, 1.54) is 0 Å². The predicted octanol–water partition coefficient (Wildman–Crippen LogP) is 1.70. The molecule has 0 aliphatic carbocycles. The summed E-state index contributed by atoms with van der Waals surface area (Å²) in [5, 5.41) is 0. The molecule has 0 saturated heterocycles. The summed E-state index contributed by atoms with van der Waals surface area (Å²) < 4.78 is 0. The van der Waals surface area contributed by atoms with Crippen LogP contribution in [0.15, 0.2) is 6.20 Å². The lowest BCUT2D eigenvalue weighted by molar-refractivity contribution is 0.659. The first-order valence-electron chi connectivity index (χ1n) is 5.67. The van der Waals surface area contributed by atoms with Crippen LogP contribution in [0.3, 0.4) is 0 Å². The average molecular weight is 223 g/mol. The molecule has 0 bridgehead atoms. The molecule has 5 nitrogen and oxygen atoms in total. The number of hydrogen-bond donors (Lipinski definition) is 2. The molecule has 0 aromatic carbocycles. The molecule has 3 N–H and O–H groups in total. The molecule has 1 aromatic heterocycles. The third-order valence-electron chi connectivity index (χ3n) is 2.43. The van der Waals surface area contributed by atoms with Crippen LogP contribution in [0.2, 0.25) is 0 Å². The van der Waals surface area contributed by atoms with Crippen molar-refractivity contribution in [2.45, 2.75) is 40.2 Å². The summed E-state index contributed by atoms with van der Waals surface area (Å²) in [6, 6.07) is 0.416. The first kappa shape index (κ1) is 12.7. The Hall–Kier alpha value is -1.36. The third-order valence-corrected chi connectivity index (χ3v) is 2.43. The molecule has 0 aliphatic heterocycles. The van der Waals surface area contributed by atoms with E-state index in [4.69, 9.17) is 5.84 Å². The van der Waals surface area contributed by atoms with Gasteiger partial charge in [0.2, 0.25) is 5.95 Å². The van der Waals surface area contributed by atoms with Crippen LogP contribution in [-0.2, 0) is 0 Å². The van der Waals surface area contributed by atoms with Gasteiger partial charge in [-0.15, -0.1) is 0 Å². The maximum absolute atomic E-state index is 5.33. The highest BCUT2D eigenvalue weighted by atomic mass is 15.3. The maximum Gasteiger partial charge on any atom is 0.239 e. The number of nitrogen functional groups attached to an aromatic ring is 1. The number of rotatable bonds is 5. The van der Waals surface area contributed by atoms with Gasteiger partial charge in [-0.05, 0) is 27.2 Å². The standard InChI is InChI=1S/C11H21N5/c1-5-6-16(8(2)3)10-9(4)7-13-11(14-10)15-12/h7-8H,5-6,12H2,1-4H3,(H,13,14,15). The molecular formula is C11H21N5. The van der Waals surface area contributed by atoms with Gasteiger partial charge in [0.05, 0.1) is 0 Å². The zero-order valence-corrected chi connectivity index (χ0v) is 10.5. The molecule has 16 heavy (non-hydrogen) atoms. The molecule has 1 aromatic rings. The summed E-state index contributed by atoms with van der Waals surface area (Å²) in [4.78, 5) is 10.8. The van der Waals surface area contributed by atoms with Gasteiger partial charge in [0.1, 0.15) is 5.82 Å². The van der Waals surface area contributed by atoms with Gasteiger partial charge in [-0.3, -0.25) is 5.43 Å². The van der Waals surface area contributed by atoms with E-state index in [9.17, 15) is 0 Å². The van der Waals surface area contributed by atoms with Crippen molar-refractivity contribution in [1.82, 2.24) is 9.97 Å². The maximum atomic E-state index is 5.33. The lowest BCUT2D eigenvalue weighted by atomic mass is 10.2. The molecule has 0 aliphatic rings. The number of nitrogens with two attached hydrogens (primary N) is 1. The molecule has 0 saturated carbocycles. The minimum Gasteiger partial charge on any atom is -0.354 e. The fourth-order valence-corrected chi connectivity index (χ4v) is 1.64. The first-order chi connectivity index (χ1) is 7.60. The van der Waals surface area contributed by atoms with Gasteiger partial charge in [-0.2, -0.15) is 4.98 Å². The topological polar surface area (TPSA) is 67.1 Å². The number of hydrazine groups is 1. The molecule has 0 fully saturated rings. The Morgan fingerprint density at radius 2 is 2.19 bits per heavy atom. The fraction of sp³-hybridized carbons (Fsp3) is 0.636. The molecule has 90 valence electrons. The van der Waals surface area contributed by atoms with Crippen molar-refractivity contribution >= 4 is 11.8 Å². The minimum absolute atomic E-state index is 0.416. The number of aryl methyl sites for hydroxylation is 1. The molecule has 0 amide bonds. The third kappa shape index (κ3) is 2.82. The van der Waals surface area contributed by atoms with E-state index in [-0.39, 0.29) is 0 Å². The molecule has 1 heterocycles. The van der Waals surface area contributed by atoms with Crippen molar-refractivity contribution in [3.63, 3.8) is 0 Å². The van der Waals surface area contributed by atoms with Crippen LogP contribution in [0.5, 0.6) is 0 Å².